The molecule has 0 aliphatic heterocycles. The Morgan fingerprint density at radius 3 is 0.333 bits per heavy atom. The average molecular weight is 584 g/mol. The predicted octanol–water partition coefficient (Wildman–Crippen LogP) is -4.69. The summed E-state index contributed by atoms with van der Waals surface area (Å²) >= 11 is 0. The van der Waals surface area contributed by atoms with Gasteiger partial charge in [-0.25, -0.2) is 0 Å². The van der Waals surface area contributed by atoms with Crippen LogP contribution in [0.3, 0.4) is 0 Å². The van der Waals surface area contributed by atoms with Crippen LogP contribution in [0.1, 0.15) is 0 Å². The summed E-state index contributed by atoms with van der Waals surface area (Å²) in [6.45, 7) is 0. The van der Waals surface area contributed by atoms with Gasteiger partial charge in [0.2, 0.25) is 0 Å². The van der Waals surface area contributed by atoms with E-state index in [0.29, 0.717) is 0 Å². The summed E-state index contributed by atoms with van der Waals surface area (Å²) in [5.74, 6) is 0. The molecule has 0 aromatic heterocycles. The molecule has 0 aliphatic rings. The minimum Gasteiger partial charge on any atom is 0 e. The third kappa shape index (κ3) is 23.8. The molecule has 0 heterocycles. The van der Waals surface area contributed by atoms with E-state index in [1.54, 1.807) is 0 Å². The molecule has 9 radical (unpaired) electrons. The van der Waals surface area contributed by atoms with Crippen molar-refractivity contribution in [2.75, 3.05) is 0 Å². The molecule has 0 saturated carbocycles. The molecule has 6 heavy (non-hydrogen) atoms. The molecule has 0 bridgehead atoms. The summed E-state index contributed by atoms with van der Waals surface area (Å²) in [7, 11) is 0. The zero-order valence-corrected chi connectivity index (χ0v) is 9.00. The fraction of sp³-hybridized carbons (Fsp3) is 0. The van der Waals surface area contributed by atoms with Crippen molar-refractivity contribution in [3.8, 4) is 0 Å². The fourth-order valence-electron chi connectivity index (χ4n) is 0. The molecule has 6 heteroatoms. The Morgan fingerprint density at radius 2 is 0.333 bits per heavy atom. The van der Waals surface area contributed by atoms with Crippen LogP contribution < -0.4 is 0 Å². The Morgan fingerprint density at radius 1 is 0.333 bits per heavy atom. The molecule has 0 rings (SSSR count). The molecule has 33 valence electrons. The van der Waals surface area contributed by atoms with Crippen LogP contribution in [0.15, 0.2) is 0 Å². The van der Waals surface area contributed by atoms with Crippen molar-refractivity contribution in [3.05, 3.63) is 0 Å². The topological polar surface area (TPSA) is 0 Å². The van der Waals surface area contributed by atoms with Crippen LogP contribution in [-0.4, -0.2) is 133 Å². The van der Waals surface area contributed by atoms with E-state index in [9.17, 15) is 0 Å². The molecule has 0 atom stereocenters. The van der Waals surface area contributed by atoms with Crippen molar-refractivity contribution in [3.63, 3.8) is 0 Å². The second-order valence-electron chi connectivity index (χ2n) is 0. The van der Waals surface area contributed by atoms with Gasteiger partial charge in [0.05, 0.1) is 0 Å². The zero-order chi connectivity index (χ0) is 0. The SMILES string of the molecule is [GaH3].[GaH3].[GaH3].[Sb].[Sb].[Sb]. The van der Waals surface area contributed by atoms with Gasteiger partial charge in [0, 0.05) is 73.3 Å². The van der Waals surface area contributed by atoms with E-state index in [2.05, 4.69) is 0 Å². The standard InChI is InChI=1S/3Ga.3Sb.9H. The van der Waals surface area contributed by atoms with Crippen molar-refractivity contribution in [2.24, 2.45) is 0 Å². The van der Waals surface area contributed by atoms with Gasteiger partial charge in [-0.05, 0) is 0 Å². The quantitative estimate of drug-likeness (QED) is 0.252. The molecule has 0 fully saturated rings. The Hall–Kier alpha value is 4.36. The maximum absolute atomic E-state index is 0. The normalized spacial score (nSPS) is 0. The molecule has 0 aromatic rings. The van der Waals surface area contributed by atoms with Crippen LogP contribution in [0, 0.1) is 0 Å². The van der Waals surface area contributed by atoms with Crippen molar-refractivity contribution in [2.45, 2.75) is 0 Å². The van der Waals surface area contributed by atoms with Gasteiger partial charge in [0.25, 0.3) is 0 Å². The van der Waals surface area contributed by atoms with E-state index in [4.69, 9.17) is 0 Å². The van der Waals surface area contributed by atoms with E-state index in [1.807, 2.05) is 0 Å². The molecular weight excluding hydrogens is 574 g/mol. The van der Waals surface area contributed by atoms with E-state index in [1.165, 1.54) is 0 Å². The van der Waals surface area contributed by atoms with Gasteiger partial charge in [-0.15, -0.1) is 0 Å². The number of hydrogen-bond donors (Lipinski definition) is 0. The molecule has 0 saturated heterocycles. The van der Waals surface area contributed by atoms with Gasteiger partial charge in [-0.2, -0.15) is 0 Å². The first-order chi connectivity index (χ1) is 0. The van der Waals surface area contributed by atoms with Crippen molar-refractivity contribution < 1.29 is 0 Å². The monoisotopic (exact) mass is 579 g/mol. The first-order valence-corrected chi connectivity index (χ1v) is 0. The maximum atomic E-state index is 0. The fourth-order valence-corrected chi connectivity index (χ4v) is 0. The molecule has 0 unspecified atom stereocenters. The maximum Gasteiger partial charge on any atom is 0 e. The third-order valence-electron chi connectivity index (χ3n) is 0. The van der Waals surface area contributed by atoms with E-state index in [0.717, 1.165) is 0 Å². The van der Waals surface area contributed by atoms with Crippen LogP contribution in [0.2, 0.25) is 0 Å². The molecule has 0 aliphatic carbocycles. The van der Waals surface area contributed by atoms with Gasteiger partial charge >= 0.3 is 59.4 Å². The summed E-state index contributed by atoms with van der Waals surface area (Å²) in [5, 5.41) is 0. The van der Waals surface area contributed by atoms with Crippen LogP contribution in [0.25, 0.3) is 0 Å². The molecule has 0 aromatic carbocycles. The van der Waals surface area contributed by atoms with Gasteiger partial charge in [-0.1, -0.05) is 0 Å². The first kappa shape index (κ1) is 47.7. The smallest absolute Gasteiger partial charge is 0 e. The predicted molar refractivity (Wildman–Crippen MR) is 47.1 cm³/mol. The zero-order valence-electron chi connectivity index (χ0n) is 1.34. The Labute approximate surface area is 130 Å². The van der Waals surface area contributed by atoms with Crippen molar-refractivity contribution in [1.29, 1.82) is 0 Å². The third-order valence-corrected chi connectivity index (χ3v) is 0. The summed E-state index contributed by atoms with van der Waals surface area (Å²) in [4.78, 5) is 0. The Balaban J connectivity index is 0. The molecular formula is H9Ga3Sb3. The largest absolute Gasteiger partial charge is 0 e. The second kappa shape index (κ2) is 34.4. The van der Waals surface area contributed by atoms with Crippen molar-refractivity contribution in [1.82, 2.24) is 0 Å². The van der Waals surface area contributed by atoms with Gasteiger partial charge < -0.3 is 0 Å². The van der Waals surface area contributed by atoms with E-state index < -0.39 is 0 Å². The summed E-state index contributed by atoms with van der Waals surface area (Å²) in [6, 6.07) is 0. The minimum atomic E-state index is 0. The van der Waals surface area contributed by atoms with E-state index in [-0.39, 0.29) is 133 Å². The first-order valence-electron chi connectivity index (χ1n) is 0. The van der Waals surface area contributed by atoms with Crippen molar-refractivity contribution >= 4 is 133 Å². The number of hydrogen-bond acceptors (Lipinski definition) is 0. The van der Waals surface area contributed by atoms with Crippen LogP contribution in [0.5, 0.6) is 0 Å². The molecule has 0 N–H and O–H groups in total. The van der Waals surface area contributed by atoms with Crippen LogP contribution in [0.4, 0.5) is 0 Å². The Kier molecular flexibility index (Phi) is 274. The Bertz CT molecular complexity index is 6.00. The molecule has 0 amide bonds. The van der Waals surface area contributed by atoms with Gasteiger partial charge in [-0.3, -0.25) is 0 Å². The van der Waals surface area contributed by atoms with Gasteiger partial charge in [0.1, 0.15) is 0 Å². The van der Waals surface area contributed by atoms with E-state index >= 15 is 0 Å². The molecule has 0 spiro atoms. The minimum absolute atomic E-state index is 0. The average Bonchev–Trinajstić information content (AvgIpc) is 0. The summed E-state index contributed by atoms with van der Waals surface area (Å²) in [5.41, 5.74) is 0. The summed E-state index contributed by atoms with van der Waals surface area (Å²) in [6.07, 6.45) is 0. The van der Waals surface area contributed by atoms with Crippen LogP contribution in [-0.2, 0) is 0 Å². The molecule has 0 nitrogen and oxygen atoms in total. The summed E-state index contributed by atoms with van der Waals surface area (Å²) < 4.78 is 0. The van der Waals surface area contributed by atoms with Crippen LogP contribution >= 0.6 is 0 Å². The van der Waals surface area contributed by atoms with Gasteiger partial charge in [0.15, 0.2) is 0 Å². The number of rotatable bonds is 0. The second-order valence-corrected chi connectivity index (χ2v) is 0.